The average molecular weight is 264 g/mol. The molecule has 1 aromatic rings. The Labute approximate surface area is 113 Å². The fraction of sp³-hybridized carbons (Fsp3) is 0.571. The van der Waals surface area contributed by atoms with Crippen molar-refractivity contribution in [2.45, 2.75) is 32.8 Å². The molecule has 5 heteroatoms. The maximum absolute atomic E-state index is 11.2. The van der Waals surface area contributed by atoms with E-state index in [1.807, 2.05) is 0 Å². The maximum atomic E-state index is 11.2. The van der Waals surface area contributed by atoms with Crippen molar-refractivity contribution in [3.8, 4) is 0 Å². The summed E-state index contributed by atoms with van der Waals surface area (Å²) >= 11 is 0. The predicted octanol–water partition coefficient (Wildman–Crippen LogP) is 2.71. The minimum atomic E-state index is -0.358. The second kappa shape index (κ2) is 6.02. The molecule has 0 saturated carbocycles. The first-order chi connectivity index (χ1) is 9.11. The summed E-state index contributed by atoms with van der Waals surface area (Å²) in [7, 11) is 0. The van der Waals surface area contributed by atoms with Gasteiger partial charge in [-0.3, -0.25) is 10.1 Å². The second-order valence-electron chi connectivity index (χ2n) is 5.26. The van der Waals surface area contributed by atoms with Crippen LogP contribution in [0, 0.1) is 16.0 Å². The lowest BCUT2D eigenvalue weighted by molar-refractivity contribution is -0.384. The van der Waals surface area contributed by atoms with Crippen LogP contribution in [-0.2, 0) is 6.61 Å². The van der Waals surface area contributed by atoms with Crippen LogP contribution in [0.5, 0.6) is 0 Å². The molecular formula is C14H20N2O3. The van der Waals surface area contributed by atoms with Gasteiger partial charge >= 0.3 is 0 Å². The zero-order chi connectivity index (χ0) is 13.8. The number of anilines is 1. The van der Waals surface area contributed by atoms with Gasteiger partial charge in [0.05, 0.1) is 11.5 Å². The Kier molecular flexibility index (Phi) is 4.37. The Bertz CT molecular complexity index is 462. The summed E-state index contributed by atoms with van der Waals surface area (Å²) in [6.07, 6.45) is 3.32. The van der Waals surface area contributed by atoms with Gasteiger partial charge in [-0.2, -0.15) is 0 Å². The SMILES string of the molecule is CC1CCCN(c2ccc(CO)cc2[N+](=O)[O-])CC1. The Balaban J connectivity index is 2.30. The lowest BCUT2D eigenvalue weighted by atomic mass is 10.0. The van der Waals surface area contributed by atoms with Crippen LogP contribution in [0.3, 0.4) is 0 Å². The normalized spacial score (nSPS) is 20.1. The monoisotopic (exact) mass is 264 g/mol. The highest BCUT2D eigenvalue weighted by Crippen LogP contribution is 2.31. The molecule has 1 aliphatic rings. The van der Waals surface area contributed by atoms with Gasteiger partial charge in [-0.05, 0) is 36.8 Å². The molecule has 1 saturated heterocycles. The van der Waals surface area contributed by atoms with Gasteiger partial charge in [-0.25, -0.2) is 0 Å². The molecule has 1 N–H and O–H groups in total. The standard InChI is InChI=1S/C14H20N2O3/c1-11-3-2-7-15(8-6-11)13-5-4-12(10-17)9-14(13)16(18)19/h4-5,9,11,17H,2-3,6-8,10H2,1H3. The number of hydrogen-bond acceptors (Lipinski definition) is 4. The van der Waals surface area contributed by atoms with Gasteiger partial charge in [0.15, 0.2) is 0 Å². The van der Waals surface area contributed by atoms with Gasteiger partial charge in [-0.15, -0.1) is 0 Å². The fourth-order valence-electron chi connectivity index (χ4n) is 2.58. The third-order valence-electron chi connectivity index (χ3n) is 3.78. The molecule has 0 radical (unpaired) electrons. The number of benzene rings is 1. The van der Waals surface area contributed by atoms with E-state index in [4.69, 9.17) is 5.11 Å². The van der Waals surface area contributed by atoms with E-state index in [0.29, 0.717) is 17.2 Å². The van der Waals surface area contributed by atoms with E-state index in [1.54, 1.807) is 12.1 Å². The van der Waals surface area contributed by atoms with Crippen molar-refractivity contribution < 1.29 is 10.0 Å². The third kappa shape index (κ3) is 3.23. The zero-order valence-electron chi connectivity index (χ0n) is 11.2. The molecule has 0 aliphatic carbocycles. The van der Waals surface area contributed by atoms with Crippen LogP contribution in [0.15, 0.2) is 18.2 Å². The lowest BCUT2D eigenvalue weighted by Gasteiger charge is -2.22. The van der Waals surface area contributed by atoms with Crippen molar-refractivity contribution in [3.05, 3.63) is 33.9 Å². The molecule has 2 rings (SSSR count). The molecule has 0 aromatic heterocycles. The van der Waals surface area contributed by atoms with Gasteiger partial charge < -0.3 is 10.0 Å². The Morgan fingerprint density at radius 3 is 2.89 bits per heavy atom. The Morgan fingerprint density at radius 2 is 2.21 bits per heavy atom. The summed E-state index contributed by atoms with van der Waals surface area (Å²) in [5.74, 6) is 0.681. The number of rotatable bonds is 3. The first kappa shape index (κ1) is 13.8. The topological polar surface area (TPSA) is 66.6 Å². The van der Waals surface area contributed by atoms with Crippen LogP contribution in [-0.4, -0.2) is 23.1 Å². The number of aliphatic hydroxyl groups excluding tert-OH is 1. The van der Waals surface area contributed by atoms with Crippen LogP contribution in [0.2, 0.25) is 0 Å². The number of nitro groups is 1. The van der Waals surface area contributed by atoms with Crippen molar-refractivity contribution in [1.82, 2.24) is 0 Å². The van der Waals surface area contributed by atoms with Crippen molar-refractivity contribution in [2.75, 3.05) is 18.0 Å². The van der Waals surface area contributed by atoms with E-state index in [2.05, 4.69) is 11.8 Å². The van der Waals surface area contributed by atoms with E-state index in [-0.39, 0.29) is 17.2 Å². The third-order valence-corrected chi connectivity index (χ3v) is 3.78. The highest BCUT2D eigenvalue weighted by atomic mass is 16.6. The molecule has 1 fully saturated rings. The van der Waals surface area contributed by atoms with E-state index in [1.165, 1.54) is 12.5 Å². The Morgan fingerprint density at radius 1 is 1.42 bits per heavy atom. The van der Waals surface area contributed by atoms with Gasteiger partial charge in [0.2, 0.25) is 0 Å². The molecule has 1 aliphatic heterocycles. The van der Waals surface area contributed by atoms with Crippen LogP contribution < -0.4 is 4.90 Å². The summed E-state index contributed by atoms with van der Waals surface area (Å²) in [4.78, 5) is 12.9. The number of aliphatic hydroxyl groups is 1. The summed E-state index contributed by atoms with van der Waals surface area (Å²) in [5, 5.41) is 20.3. The van der Waals surface area contributed by atoms with E-state index >= 15 is 0 Å². The highest BCUT2D eigenvalue weighted by molar-refractivity contribution is 5.64. The molecule has 1 unspecified atom stereocenters. The number of hydrogen-bond donors (Lipinski definition) is 1. The minimum Gasteiger partial charge on any atom is -0.392 e. The fourth-order valence-corrected chi connectivity index (χ4v) is 2.58. The van der Waals surface area contributed by atoms with Gasteiger partial charge in [0.1, 0.15) is 5.69 Å². The smallest absolute Gasteiger partial charge is 0.292 e. The molecule has 0 bridgehead atoms. The summed E-state index contributed by atoms with van der Waals surface area (Å²) < 4.78 is 0. The minimum absolute atomic E-state index is 0.0982. The first-order valence-corrected chi connectivity index (χ1v) is 6.75. The first-order valence-electron chi connectivity index (χ1n) is 6.75. The molecule has 1 aromatic carbocycles. The second-order valence-corrected chi connectivity index (χ2v) is 5.26. The van der Waals surface area contributed by atoms with E-state index in [9.17, 15) is 10.1 Å². The zero-order valence-corrected chi connectivity index (χ0v) is 11.2. The molecule has 1 heterocycles. The molecular weight excluding hydrogens is 244 g/mol. The quantitative estimate of drug-likeness (QED) is 0.673. The lowest BCUT2D eigenvalue weighted by Crippen LogP contribution is -2.25. The largest absolute Gasteiger partial charge is 0.392 e. The summed E-state index contributed by atoms with van der Waals surface area (Å²) in [5.41, 5.74) is 1.36. The molecule has 0 amide bonds. The molecule has 104 valence electrons. The van der Waals surface area contributed by atoms with Crippen molar-refractivity contribution in [3.63, 3.8) is 0 Å². The van der Waals surface area contributed by atoms with Crippen LogP contribution in [0.25, 0.3) is 0 Å². The van der Waals surface area contributed by atoms with Crippen molar-refractivity contribution >= 4 is 11.4 Å². The Hall–Kier alpha value is -1.62. The number of nitro benzene ring substituents is 1. The van der Waals surface area contributed by atoms with Gasteiger partial charge in [-0.1, -0.05) is 13.0 Å². The van der Waals surface area contributed by atoms with Gasteiger partial charge in [0, 0.05) is 19.2 Å². The average Bonchev–Trinajstić information content (AvgIpc) is 2.62. The molecule has 1 atom stereocenters. The molecule has 5 nitrogen and oxygen atoms in total. The van der Waals surface area contributed by atoms with E-state index in [0.717, 1.165) is 25.9 Å². The van der Waals surface area contributed by atoms with E-state index < -0.39 is 0 Å². The van der Waals surface area contributed by atoms with Crippen LogP contribution in [0.1, 0.15) is 31.7 Å². The highest BCUT2D eigenvalue weighted by Gasteiger charge is 2.22. The molecule has 19 heavy (non-hydrogen) atoms. The molecule has 0 spiro atoms. The summed E-state index contributed by atoms with van der Waals surface area (Å²) in [6.45, 7) is 3.79. The predicted molar refractivity (Wildman–Crippen MR) is 74.2 cm³/mol. The summed E-state index contributed by atoms with van der Waals surface area (Å²) in [6, 6.07) is 5.00. The number of nitrogens with zero attached hydrogens (tertiary/aromatic N) is 2. The van der Waals surface area contributed by atoms with Crippen molar-refractivity contribution in [2.24, 2.45) is 5.92 Å². The van der Waals surface area contributed by atoms with Gasteiger partial charge in [0.25, 0.3) is 5.69 Å². The van der Waals surface area contributed by atoms with Crippen LogP contribution in [0.4, 0.5) is 11.4 Å². The van der Waals surface area contributed by atoms with Crippen LogP contribution >= 0.6 is 0 Å². The van der Waals surface area contributed by atoms with Crippen molar-refractivity contribution in [1.29, 1.82) is 0 Å². The maximum Gasteiger partial charge on any atom is 0.292 e.